The number of amides is 1. The van der Waals surface area contributed by atoms with E-state index in [1.807, 2.05) is 0 Å². The van der Waals surface area contributed by atoms with E-state index in [-0.39, 0.29) is 0 Å². The largest absolute Gasteiger partial charge is 0.497 e. The number of rotatable bonds is 5. The molecule has 1 aromatic heterocycles. The van der Waals surface area contributed by atoms with Gasteiger partial charge in [0.25, 0.3) is 5.56 Å². The number of hydrogen-bond donors (Lipinski definition) is 2. The van der Waals surface area contributed by atoms with E-state index in [9.17, 15) is 14.4 Å². The predicted octanol–water partition coefficient (Wildman–Crippen LogP) is 1.91. The van der Waals surface area contributed by atoms with Crippen LogP contribution in [-0.2, 0) is 4.79 Å². The summed E-state index contributed by atoms with van der Waals surface area (Å²) in [6.45, 7) is 1.48. The fraction of sp³-hybridized carbons (Fsp3) is 0.211. The fourth-order valence-electron chi connectivity index (χ4n) is 2.78. The molecule has 2 N–H and O–H groups in total. The molecule has 0 bridgehead atoms. The highest BCUT2D eigenvalue weighted by molar-refractivity contribution is 5.95. The van der Waals surface area contributed by atoms with E-state index in [4.69, 9.17) is 9.47 Å². The summed E-state index contributed by atoms with van der Waals surface area (Å²) in [4.78, 5) is 40.3. The van der Waals surface area contributed by atoms with Gasteiger partial charge in [-0.2, -0.15) is 0 Å². The quantitative estimate of drug-likeness (QED) is 0.715. The number of H-pyrrole nitrogens is 1. The maximum absolute atomic E-state index is 12.7. The van der Waals surface area contributed by atoms with Crippen LogP contribution in [0.2, 0.25) is 0 Å². The summed E-state index contributed by atoms with van der Waals surface area (Å²) in [7, 11) is 2.99. The number of hydrogen-bond acceptors (Lipinski definition) is 5. The molecule has 27 heavy (non-hydrogen) atoms. The molecule has 0 aliphatic carbocycles. The van der Waals surface area contributed by atoms with Crippen LogP contribution in [0.3, 0.4) is 0 Å². The number of carbonyl (C=O) groups is 1. The smallest absolute Gasteiger partial charge is 0.329 e. The molecule has 3 rings (SSSR count). The first-order valence-electron chi connectivity index (χ1n) is 8.22. The van der Waals surface area contributed by atoms with Gasteiger partial charge in [0, 0.05) is 6.07 Å². The first kappa shape index (κ1) is 18.2. The van der Waals surface area contributed by atoms with E-state index in [0.29, 0.717) is 28.1 Å². The standard InChI is InChI=1S/C19H19N3O5/c1-11(17(23)20-15-9-8-12(26-2)10-16(15)27-3)22-18(24)13-6-4-5-7-14(13)21-19(22)25/h4-11H,1-3H3,(H,20,23)(H,21,25). The van der Waals surface area contributed by atoms with Crippen molar-refractivity contribution in [3.8, 4) is 11.5 Å². The summed E-state index contributed by atoms with van der Waals surface area (Å²) in [5.74, 6) is 0.441. The minimum absolute atomic E-state index is 0.332. The second kappa shape index (κ2) is 7.36. The third kappa shape index (κ3) is 3.41. The molecule has 0 saturated carbocycles. The van der Waals surface area contributed by atoms with Crippen LogP contribution in [-0.4, -0.2) is 29.7 Å². The van der Waals surface area contributed by atoms with Gasteiger partial charge in [0.2, 0.25) is 5.91 Å². The highest BCUT2D eigenvalue weighted by Crippen LogP contribution is 2.29. The van der Waals surface area contributed by atoms with Gasteiger partial charge in [0.15, 0.2) is 0 Å². The van der Waals surface area contributed by atoms with Gasteiger partial charge in [-0.25, -0.2) is 9.36 Å². The van der Waals surface area contributed by atoms with Crippen molar-refractivity contribution in [2.24, 2.45) is 0 Å². The molecule has 0 spiro atoms. The number of aromatic amines is 1. The molecule has 3 aromatic rings. The maximum atomic E-state index is 12.7. The SMILES string of the molecule is COc1ccc(NC(=O)C(C)n2c(=O)[nH]c3ccccc3c2=O)c(OC)c1. The molecule has 0 fully saturated rings. The Labute approximate surface area is 154 Å². The van der Waals surface area contributed by atoms with E-state index in [0.717, 1.165) is 4.57 Å². The molecule has 1 unspecified atom stereocenters. The Bertz CT molecular complexity index is 1120. The zero-order chi connectivity index (χ0) is 19.6. The predicted molar refractivity (Wildman–Crippen MR) is 102 cm³/mol. The van der Waals surface area contributed by atoms with Crippen LogP contribution in [0.15, 0.2) is 52.1 Å². The van der Waals surface area contributed by atoms with Gasteiger partial charge >= 0.3 is 5.69 Å². The van der Waals surface area contributed by atoms with Crippen LogP contribution in [0, 0.1) is 0 Å². The van der Waals surface area contributed by atoms with Gasteiger partial charge < -0.3 is 19.8 Å². The van der Waals surface area contributed by atoms with Gasteiger partial charge in [0.1, 0.15) is 17.5 Å². The third-order valence-corrected chi connectivity index (χ3v) is 4.27. The lowest BCUT2D eigenvalue weighted by Crippen LogP contribution is -2.41. The molecule has 0 radical (unpaired) electrons. The van der Waals surface area contributed by atoms with Gasteiger partial charge in [-0.1, -0.05) is 12.1 Å². The molecule has 8 nitrogen and oxygen atoms in total. The first-order valence-corrected chi connectivity index (χ1v) is 8.22. The van der Waals surface area contributed by atoms with Crippen LogP contribution >= 0.6 is 0 Å². The fourth-order valence-corrected chi connectivity index (χ4v) is 2.78. The topological polar surface area (TPSA) is 102 Å². The highest BCUT2D eigenvalue weighted by atomic mass is 16.5. The van der Waals surface area contributed by atoms with Gasteiger partial charge in [-0.15, -0.1) is 0 Å². The lowest BCUT2D eigenvalue weighted by molar-refractivity contribution is -0.119. The summed E-state index contributed by atoms with van der Waals surface area (Å²) >= 11 is 0. The number of para-hydroxylation sites is 1. The number of anilines is 1. The van der Waals surface area contributed by atoms with Crippen LogP contribution < -0.4 is 26.0 Å². The van der Waals surface area contributed by atoms with Crippen molar-refractivity contribution in [3.05, 3.63) is 63.3 Å². The average molecular weight is 369 g/mol. The van der Waals surface area contributed by atoms with Crippen LogP contribution in [0.1, 0.15) is 13.0 Å². The normalized spacial score (nSPS) is 11.8. The van der Waals surface area contributed by atoms with E-state index < -0.39 is 23.2 Å². The minimum Gasteiger partial charge on any atom is -0.497 e. The second-order valence-electron chi connectivity index (χ2n) is 5.88. The summed E-state index contributed by atoms with van der Waals surface area (Å²) in [6.07, 6.45) is 0. The Morgan fingerprint density at radius 2 is 1.85 bits per heavy atom. The number of fused-ring (bicyclic) bond motifs is 1. The van der Waals surface area contributed by atoms with Crippen LogP contribution in [0.4, 0.5) is 5.69 Å². The van der Waals surface area contributed by atoms with Crippen molar-refractivity contribution in [1.29, 1.82) is 0 Å². The summed E-state index contributed by atoms with van der Waals surface area (Å²) in [5.41, 5.74) is -0.352. The Morgan fingerprint density at radius 1 is 1.11 bits per heavy atom. The molecule has 1 heterocycles. The summed E-state index contributed by atoms with van der Waals surface area (Å²) < 4.78 is 11.3. The number of ether oxygens (including phenoxy) is 2. The average Bonchev–Trinajstić information content (AvgIpc) is 2.68. The lowest BCUT2D eigenvalue weighted by Gasteiger charge is -2.16. The van der Waals surface area contributed by atoms with Crippen LogP contribution in [0.5, 0.6) is 11.5 Å². The van der Waals surface area contributed by atoms with Crippen molar-refractivity contribution in [3.63, 3.8) is 0 Å². The molecule has 8 heteroatoms. The van der Waals surface area contributed by atoms with Gasteiger partial charge in [-0.05, 0) is 31.2 Å². The maximum Gasteiger partial charge on any atom is 0.329 e. The molecule has 0 aliphatic rings. The Balaban J connectivity index is 1.96. The van der Waals surface area contributed by atoms with Crippen molar-refractivity contribution in [1.82, 2.24) is 9.55 Å². The highest BCUT2D eigenvalue weighted by Gasteiger charge is 2.21. The van der Waals surface area contributed by atoms with Crippen LogP contribution in [0.25, 0.3) is 10.9 Å². The zero-order valence-electron chi connectivity index (χ0n) is 15.1. The number of aromatic nitrogens is 2. The zero-order valence-corrected chi connectivity index (χ0v) is 15.1. The molecule has 2 aromatic carbocycles. The molecular formula is C19H19N3O5. The second-order valence-corrected chi connectivity index (χ2v) is 5.88. The monoisotopic (exact) mass is 369 g/mol. The van der Waals surface area contributed by atoms with Crippen molar-refractivity contribution in [2.75, 3.05) is 19.5 Å². The number of nitrogens with one attached hydrogen (secondary N) is 2. The first-order chi connectivity index (χ1) is 13.0. The van der Waals surface area contributed by atoms with E-state index in [1.54, 1.807) is 42.5 Å². The van der Waals surface area contributed by atoms with Crippen molar-refractivity contribution >= 4 is 22.5 Å². The molecule has 140 valence electrons. The van der Waals surface area contributed by atoms with Crippen molar-refractivity contribution < 1.29 is 14.3 Å². The number of benzene rings is 2. The van der Waals surface area contributed by atoms with E-state index in [2.05, 4.69) is 10.3 Å². The Kier molecular flexibility index (Phi) is 4.98. The molecule has 1 amide bonds. The molecular weight excluding hydrogens is 350 g/mol. The van der Waals surface area contributed by atoms with E-state index in [1.165, 1.54) is 21.1 Å². The van der Waals surface area contributed by atoms with E-state index >= 15 is 0 Å². The van der Waals surface area contributed by atoms with Gasteiger partial charge in [-0.3, -0.25) is 9.59 Å². The van der Waals surface area contributed by atoms with Gasteiger partial charge in [0.05, 0.1) is 30.8 Å². The third-order valence-electron chi connectivity index (χ3n) is 4.27. The Hall–Kier alpha value is -3.55. The molecule has 1 atom stereocenters. The summed E-state index contributed by atoms with van der Waals surface area (Å²) in [6, 6.07) is 10.5. The number of methoxy groups -OCH3 is 2. The number of nitrogens with zero attached hydrogens (tertiary/aromatic N) is 1. The lowest BCUT2D eigenvalue weighted by atomic mass is 10.2. The molecule has 0 saturated heterocycles. The summed E-state index contributed by atoms with van der Waals surface area (Å²) in [5, 5.41) is 3.01. The number of carbonyl (C=O) groups excluding carboxylic acids is 1. The Morgan fingerprint density at radius 3 is 2.56 bits per heavy atom. The molecule has 0 aliphatic heterocycles. The van der Waals surface area contributed by atoms with Crippen molar-refractivity contribution in [2.45, 2.75) is 13.0 Å². The minimum atomic E-state index is -1.03.